The summed E-state index contributed by atoms with van der Waals surface area (Å²) in [6.07, 6.45) is 2.11. The summed E-state index contributed by atoms with van der Waals surface area (Å²) in [6.45, 7) is 0.413. The van der Waals surface area contributed by atoms with Crippen LogP contribution in [0.25, 0.3) is 0 Å². The summed E-state index contributed by atoms with van der Waals surface area (Å²) in [7, 11) is 1.54. The maximum Gasteiger partial charge on any atom is 0.166 e. The number of hydrogen-bond donors (Lipinski definition) is 1. The molecule has 1 aromatic rings. The van der Waals surface area contributed by atoms with E-state index in [1.165, 1.54) is 19.2 Å². The van der Waals surface area contributed by atoms with E-state index in [9.17, 15) is 9.18 Å². The molecule has 86 valence electrons. The number of hydrogen-bond acceptors (Lipinski definition) is 5. The third kappa shape index (κ3) is 4.14. The molecule has 0 fully saturated rings. The van der Waals surface area contributed by atoms with Crippen LogP contribution in [-0.4, -0.2) is 30.7 Å². The Kier molecular flexibility index (Phi) is 5.07. The molecule has 1 heterocycles. The molecule has 0 spiro atoms. The molecule has 0 aliphatic heterocycles. The first-order valence-electron chi connectivity index (χ1n) is 4.64. The molecule has 0 saturated heterocycles. The van der Waals surface area contributed by atoms with Gasteiger partial charge in [-0.25, -0.2) is 9.37 Å². The van der Waals surface area contributed by atoms with Gasteiger partial charge in [0.2, 0.25) is 0 Å². The molecule has 0 amide bonds. The fourth-order valence-electron chi connectivity index (χ4n) is 0.919. The number of anilines is 1. The Morgan fingerprint density at radius 1 is 1.69 bits per heavy atom. The molecule has 0 saturated carbocycles. The number of hydrazone groups is 1. The van der Waals surface area contributed by atoms with Crippen LogP contribution >= 0.6 is 0 Å². The smallest absolute Gasteiger partial charge is 0.166 e. The van der Waals surface area contributed by atoms with Crippen LogP contribution in [0.2, 0.25) is 0 Å². The van der Waals surface area contributed by atoms with Gasteiger partial charge in [0.1, 0.15) is 17.3 Å². The average molecular weight is 225 g/mol. The summed E-state index contributed by atoms with van der Waals surface area (Å²) in [4.78, 5) is 14.3. The summed E-state index contributed by atoms with van der Waals surface area (Å²) in [6, 6.07) is 2.68. The van der Waals surface area contributed by atoms with Crippen molar-refractivity contribution in [1.82, 2.24) is 4.98 Å². The summed E-state index contributed by atoms with van der Waals surface area (Å²) in [5, 5.41) is 3.81. The van der Waals surface area contributed by atoms with Crippen molar-refractivity contribution in [2.45, 2.75) is 6.42 Å². The topological polar surface area (TPSA) is 63.6 Å². The van der Waals surface area contributed by atoms with Gasteiger partial charge in [0.25, 0.3) is 0 Å². The number of aromatic nitrogens is 1. The van der Waals surface area contributed by atoms with Gasteiger partial charge in [0.15, 0.2) is 6.29 Å². The SMILES string of the molecule is COCC/C(C=O)=N\Nc1ccc(F)cn1. The van der Waals surface area contributed by atoms with Crippen molar-refractivity contribution in [3.8, 4) is 0 Å². The number of halogens is 1. The summed E-state index contributed by atoms with van der Waals surface area (Å²) < 4.78 is 17.3. The first kappa shape index (κ1) is 12.3. The van der Waals surface area contributed by atoms with Crippen molar-refractivity contribution in [2.24, 2.45) is 5.10 Å². The predicted octanol–water partition coefficient (Wildman–Crippen LogP) is 1.22. The Balaban J connectivity index is 2.55. The lowest BCUT2D eigenvalue weighted by molar-refractivity contribution is -0.102. The molecule has 5 nitrogen and oxygen atoms in total. The molecule has 1 N–H and O–H groups in total. The zero-order valence-corrected chi connectivity index (χ0v) is 8.81. The van der Waals surface area contributed by atoms with E-state index < -0.39 is 5.82 Å². The van der Waals surface area contributed by atoms with Gasteiger partial charge in [0.05, 0.1) is 12.8 Å². The van der Waals surface area contributed by atoms with Crippen molar-refractivity contribution < 1.29 is 13.9 Å². The van der Waals surface area contributed by atoms with Gasteiger partial charge in [-0.3, -0.25) is 10.2 Å². The normalized spacial score (nSPS) is 11.2. The van der Waals surface area contributed by atoms with Gasteiger partial charge in [-0.05, 0) is 12.1 Å². The highest BCUT2D eigenvalue weighted by Crippen LogP contribution is 2.03. The highest BCUT2D eigenvalue weighted by molar-refractivity contribution is 6.28. The molecular formula is C10H12FN3O2. The van der Waals surface area contributed by atoms with Crippen LogP contribution in [0.3, 0.4) is 0 Å². The Labute approximate surface area is 92.3 Å². The number of pyridine rings is 1. The first-order chi connectivity index (χ1) is 7.76. The molecule has 0 bridgehead atoms. The maximum atomic E-state index is 12.5. The second-order valence-corrected chi connectivity index (χ2v) is 2.94. The standard InChI is InChI=1S/C10H12FN3O2/c1-16-5-4-9(7-15)13-14-10-3-2-8(11)6-12-10/h2-3,6-7H,4-5H2,1H3,(H,12,14)/b13-9+. The summed E-state index contributed by atoms with van der Waals surface area (Å²) in [5.74, 6) is -0.0531. The highest BCUT2D eigenvalue weighted by Gasteiger charge is 1.98. The van der Waals surface area contributed by atoms with E-state index in [1.807, 2.05) is 0 Å². The van der Waals surface area contributed by atoms with E-state index in [2.05, 4.69) is 15.5 Å². The van der Waals surface area contributed by atoms with Gasteiger partial charge in [-0.15, -0.1) is 0 Å². The van der Waals surface area contributed by atoms with Crippen molar-refractivity contribution >= 4 is 17.8 Å². The molecule has 0 atom stereocenters. The van der Waals surface area contributed by atoms with Crippen molar-refractivity contribution in [3.63, 3.8) is 0 Å². The highest BCUT2D eigenvalue weighted by atomic mass is 19.1. The molecule has 1 aromatic heterocycles. The van der Waals surface area contributed by atoms with E-state index in [-0.39, 0.29) is 0 Å². The van der Waals surface area contributed by atoms with Crippen LogP contribution < -0.4 is 5.43 Å². The predicted molar refractivity (Wildman–Crippen MR) is 57.8 cm³/mol. The van der Waals surface area contributed by atoms with Gasteiger partial charge in [-0.2, -0.15) is 5.10 Å². The first-order valence-corrected chi connectivity index (χ1v) is 4.64. The Morgan fingerprint density at radius 2 is 2.50 bits per heavy atom. The molecule has 0 radical (unpaired) electrons. The largest absolute Gasteiger partial charge is 0.384 e. The minimum absolute atomic E-state index is 0.313. The van der Waals surface area contributed by atoms with Crippen molar-refractivity contribution in [2.75, 3.05) is 19.1 Å². The lowest BCUT2D eigenvalue weighted by Crippen LogP contribution is -2.07. The van der Waals surface area contributed by atoms with E-state index in [1.54, 1.807) is 0 Å². The molecule has 0 unspecified atom stereocenters. The van der Waals surface area contributed by atoms with E-state index >= 15 is 0 Å². The Hall–Kier alpha value is -1.82. The van der Waals surface area contributed by atoms with Crippen LogP contribution in [0.1, 0.15) is 6.42 Å². The maximum absolute atomic E-state index is 12.5. The van der Waals surface area contributed by atoms with E-state index in [4.69, 9.17) is 4.74 Å². The van der Waals surface area contributed by atoms with Crippen LogP contribution in [0.15, 0.2) is 23.4 Å². The zero-order valence-electron chi connectivity index (χ0n) is 8.81. The van der Waals surface area contributed by atoms with Crippen LogP contribution in [-0.2, 0) is 9.53 Å². The third-order valence-corrected chi connectivity index (χ3v) is 1.74. The fraction of sp³-hybridized carbons (Fsp3) is 0.300. The number of nitrogens with zero attached hydrogens (tertiary/aromatic N) is 2. The minimum atomic E-state index is -0.426. The Bertz CT molecular complexity index is 365. The van der Waals surface area contributed by atoms with Crippen LogP contribution in [0.4, 0.5) is 10.2 Å². The van der Waals surface area contributed by atoms with Gasteiger partial charge >= 0.3 is 0 Å². The van der Waals surface area contributed by atoms with E-state index in [0.717, 1.165) is 6.20 Å². The summed E-state index contributed by atoms with van der Waals surface area (Å²) >= 11 is 0. The number of ether oxygens (including phenoxy) is 1. The number of methoxy groups -OCH3 is 1. The molecule has 6 heteroatoms. The zero-order chi connectivity index (χ0) is 11.8. The van der Waals surface area contributed by atoms with Crippen LogP contribution in [0, 0.1) is 5.82 Å². The Morgan fingerprint density at radius 3 is 3.06 bits per heavy atom. The monoisotopic (exact) mass is 225 g/mol. The molecule has 1 rings (SSSR count). The molecular weight excluding hydrogens is 213 g/mol. The average Bonchev–Trinajstić information content (AvgIpc) is 2.32. The second kappa shape index (κ2) is 6.62. The van der Waals surface area contributed by atoms with Crippen LogP contribution in [0.5, 0.6) is 0 Å². The minimum Gasteiger partial charge on any atom is -0.384 e. The second-order valence-electron chi connectivity index (χ2n) is 2.94. The van der Waals surface area contributed by atoms with Gasteiger partial charge < -0.3 is 4.74 Å². The third-order valence-electron chi connectivity index (χ3n) is 1.74. The fourth-order valence-corrected chi connectivity index (χ4v) is 0.919. The van der Waals surface area contributed by atoms with Crippen molar-refractivity contribution in [3.05, 3.63) is 24.1 Å². The van der Waals surface area contributed by atoms with Crippen molar-refractivity contribution in [1.29, 1.82) is 0 Å². The summed E-state index contributed by atoms with van der Waals surface area (Å²) in [5.41, 5.74) is 2.87. The van der Waals surface area contributed by atoms with E-state index in [0.29, 0.717) is 30.8 Å². The van der Waals surface area contributed by atoms with Gasteiger partial charge in [-0.1, -0.05) is 0 Å². The number of nitrogens with one attached hydrogen (secondary N) is 1. The number of rotatable bonds is 6. The number of carbonyl (C=O) groups excluding carboxylic acids is 1. The lowest BCUT2D eigenvalue weighted by atomic mass is 10.3. The molecule has 0 aliphatic rings. The quantitative estimate of drug-likeness (QED) is 0.449. The van der Waals surface area contributed by atoms with Gasteiger partial charge in [0, 0.05) is 13.5 Å². The molecule has 16 heavy (non-hydrogen) atoms. The number of carbonyl (C=O) groups is 1. The number of aldehydes is 1. The molecule has 0 aromatic carbocycles. The lowest BCUT2D eigenvalue weighted by Gasteiger charge is -2.01. The molecule has 0 aliphatic carbocycles.